The molecule has 0 radical (unpaired) electrons. The van der Waals surface area contributed by atoms with E-state index in [4.69, 9.17) is 5.11 Å². The van der Waals surface area contributed by atoms with Gasteiger partial charge in [0.15, 0.2) is 0 Å². The predicted molar refractivity (Wildman–Crippen MR) is 82.8 cm³/mol. The Kier molecular flexibility index (Phi) is 5.94. The van der Waals surface area contributed by atoms with Crippen LogP contribution in [-0.4, -0.2) is 40.9 Å². The molecule has 1 aliphatic heterocycles. The number of likely N-dealkylation sites (tertiary alicyclic amines) is 1. The number of carbonyl (C=O) groups excluding carboxylic acids is 2. The van der Waals surface area contributed by atoms with Gasteiger partial charge in [-0.3, -0.25) is 9.59 Å². The number of aromatic carboxylic acids is 1. The molecule has 1 saturated heterocycles. The van der Waals surface area contributed by atoms with Gasteiger partial charge in [0.05, 0.1) is 13.1 Å². The van der Waals surface area contributed by atoms with E-state index in [-0.39, 0.29) is 23.2 Å². The predicted octanol–water partition coefficient (Wildman–Crippen LogP) is 1.86. The minimum Gasteiger partial charge on any atom is -0.477 e. The quantitative estimate of drug-likeness (QED) is 0.865. The summed E-state index contributed by atoms with van der Waals surface area (Å²) in [5.74, 6) is -1.13. The topological polar surface area (TPSA) is 86.7 Å². The summed E-state index contributed by atoms with van der Waals surface area (Å²) < 4.78 is 0. The summed E-state index contributed by atoms with van der Waals surface area (Å²) in [5, 5.41) is 11.6. The van der Waals surface area contributed by atoms with Crippen LogP contribution in [0.1, 0.15) is 46.7 Å². The van der Waals surface area contributed by atoms with E-state index in [2.05, 4.69) is 5.32 Å². The van der Waals surface area contributed by atoms with Gasteiger partial charge in [-0.15, -0.1) is 11.3 Å². The van der Waals surface area contributed by atoms with Crippen molar-refractivity contribution in [2.24, 2.45) is 0 Å². The van der Waals surface area contributed by atoms with Crippen LogP contribution in [-0.2, 0) is 16.1 Å². The van der Waals surface area contributed by atoms with Crippen molar-refractivity contribution >= 4 is 29.1 Å². The molecule has 7 heteroatoms. The average Bonchev–Trinajstić information content (AvgIpc) is 2.94. The molecular formula is C15H20N2O4S. The van der Waals surface area contributed by atoms with Crippen LogP contribution >= 0.6 is 11.3 Å². The molecule has 1 aromatic heterocycles. The average molecular weight is 324 g/mol. The highest BCUT2D eigenvalue weighted by atomic mass is 32.1. The maximum absolute atomic E-state index is 12.0. The molecule has 0 unspecified atom stereocenters. The highest BCUT2D eigenvalue weighted by Crippen LogP contribution is 2.16. The number of carboxylic acid groups (broad SMARTS) is 1. The molecule has 0 bridgehead atoms. The van der Waals surface area contributed by atoms with Crippen LogP contribution in [0, 0.1) is 0 Å². The summed E-state index contributed by atoms with van der Waals surface area (Å²) in [5.41, 5.74) is 0. The number of carboxylic acids is 1. The molecule has 2 heterocycles. The highest BCUT2D eigenvalue weighted by Gasteiger charge is 2.18. The van der Waals surface area contributed by atoms with Crippen molar-refractivity contribution < 1.29 is 19.5 Å². The van der Waals surface area contributed by atoms with Gasteiger partial charge in [-0.25, -0.2) is 4.79 Å². The lowest BCUT2D eigenvalue weighted by Gasteiger charge is -2.24. The third-order valence-corrected chi connectivity index (χ3v) is 4.66. The van der Waals surface area contributed by atoms with Crippen molar-refractivity contribution in [1.29, 1.82) is 0 Å². The van der Waals surface area contributed by atoms with Gasteiger partial charge in [0.1, 0.15) is 4.88 Å². The van der Waals surface area contributed by atoms with Gasteiger partial charge >= 0.3 is 5.97 Å². The third kappa shape index (κ3) is 4.84. The van der Waals surface area contributed by atoms with Gasteiger partial charge in [-0.05, 0) is 25.0 Å². The number of amides is 2. The molecule has 0 atom stereocenters. The first-order valence-electron chi connectivity index (χ1n) is 7.43. The van der Waals surface area contributed by atoms with Crippen molar-refractivity contribution in [1.82, 2.24) is 10.2 Å². The molecule has 2 N–H and O–H groups in total. The summed E-state index contributed by atoms with van der Waals surface area (Å²) in [6.45, 7) is 1.00. The Morgan fingerprint density at radius 2 is 2.00 bits per heavy atom. The zero-order chi connectivity index (χ0) is 15.9. The molecule has 2 amide bonds. The van der Waals surface area contributed by atoms with E-state index < -0.39 is 5.97 Å². The first kappa shape index (κ1) is 16.5. The Morgan fingerprint density at radius 1 is 1.23 bits per heavy atom. The van der Waals surface area contributed by atoms with E-state index in [0.717, 1.165) is 41.9 Å². The zero-order valence-corrected chi connectivity index (χ0v) is 13.2. The van der Waals surface area contributed by atoms with Gasteiger partial charge in [-0.2, -0.15) is 0 Å². The molecule has 1 aliphatic rings. The highest BCUT2D eigenvalue weighted by molar-refractivity contribution is 7.13. The van der Waals surface area contributed by atoms with Crippen molar-refractivity contribution in [3.05, 3.63) is 21.9 Å². The minimum atomic E-state index is -0.964. The van der Waals surface area contributed by atoms with E-state index in [1.165, 1.54) is 6.07 Å². The van der Waals surface area contributed by atoms with E-state index in [1.54, 1.807) is 11.0 Å². The van der Waals surface area contributed by atoms with Gasteiger partial charge in [0, 0.05) is 17.8 Å². The fourth-order valence-corrected chi connectivity index (χ4v) is 3.17. The molecule has 0 spiro atoms. The van der Waals surface area contributed by atoms with Gasteiger partial charge in [0.25, 0.3) is 0 Å². The summed E-state index contributed by atoms with van der Waals surface area (Å²) in [6.07, 6.45) is 4.52. The number of hydrogen-bond donors (Lipinski definition) is 2. The van der Waals surface area contributed by atoms with E-state index in [9.17, 15) is 14.4 Å². The summed E-state index contributed by atoms with van der Waals surface area (Å²) in [6, 6.07) is 3.21. The van der Waals surface area contributed by atoms with Crippen LogP contribution in [0.25, 0.3) is 0 Å². The van der Waals surface area contributed by atoms with Crippen molar-refractivity contribution in [2.75, 3.05) is 13.1 Å². The fraction of sp³-hybridized carbons (Fsp3) is 0.533. The lowest BCUT2D eigenvalue weighted by atomic mass is 10.1. The molecule has 0 saturated carbocycles. The fourth-order valence-electron chi connectivity index (χ4n) is 2.39. The molecule has 1 aromatic rings. The minimum absolute atomic E-state index is 0.0409. The smallest absolute Gasteiger partial charge is 0.345 e. The van der Waals surface area contributed by atoms with Crippen LogP contribution in [0.3, 0.4) is 0 Å². The molecule has 0 aromatic carbocycles. The second kappa shape index (κ2) is 7.93. The van der Waals surface area contributed by atoms with Crippen LogP contribution in [0.5, 0.6) is 0 Å². The lowest BCUT2D eigenvalue weighted by Crippen LogP contribution is -2.41. The molecule has 2 rings (SSSR count). The molecule has 1 fully saturated rings. The second-order valence-electron chi connectivity index (χ2n) is 5.33. The number of nitrogens with zero attached hydrogens (tertiary/aromatic N) is 1. The largest absolute Gasteiger partial charge is 0.477 e. The second-order valence-corrected chi connectivity index (χ2v) is 6.50. The molecule has 6 nitrogen and oxygen atoms in total. The van der Waals surface area contributed by atoms with Crippen molar-refractivity contribution in [3.8, 4) is 0 Å². The van der Waals surface area contributed by atoms with E-state index >= 15 is 0 Å². The van der Waals surface area contributed by atoms with Gasteiger partial charge in [-0.1, -0.05) is 12.8 Å². The maximum Gasteiger partial charge on any atom is 0.345 e. The molecule has 120 valence electrons. The van der Waals surface area contributed by atoms with Crippen molar-refractivity contribution in [3.63, 3.8) is 0 Å². The van der Waals surface area contributed by atoms with E-state index in [1.807, 2.05) is 0 Å². The summed E-state index contributed by atoms with van der Waals surface area (Å²) in [7, 11) is 0. The number of nitrogens with one attached hydrogen (secondary N) is 1. The summed E-state index contributed by atoms with van der Waals surface area (Å²) in [4.78, 5) is 37.3. The van der Waals surface area contributed by atoms with Crippen LogP contribution in [0.4, 0.5) is 0 Å². The molecular weight excluding hydrogens is 304 g/mol. The van der Waals surface area contributed by atoms with Gasteiger partial charge in [0.2, 0.25) is 11.8 Å². The molecule has 0 aliphatic carbocycles. The van der Waals surface area contributed by atoms with Crippen LogP contribution in [0.15, 0.2) is 12.1 Å². The van der Waals surface area contributed by atoms with Crippen LogP contribution < -0.4 is 5.32 Å². The zero-order valence-electron chi connectivity index (χ0n) is 12.3. The summed E-state index contributed by atoms with van der Waals surface area (Å²) >= 11 is 1.14. The van der Waals surface area contributed by atoms with Gasteiger partial charge < -0.3 is 15.3 Å². The maximum atomic E-state index is 12.0. The van der Waals surface area contributed by atoms with Crippen molar-refractivity contribution in [2.45, 2.75) is 38.6 Å². The first-order valence-corrected chi connectivity index (χ1v) is 8.24. The Labute approximate surface area is 133 Å². The number of rotatable bonds is 5. The normalized spacial score (nSPS) is 16.0. The standard InChI is InChI=1S/C15H20N2O4S/c18-13(10-17-8-4-2-1-3-5-14(17)19)16-9-11-6-7-12(22-11)15(20)21/h6-7H,1-5,8-10H2,(H,16,18)(H,20,21). The number of thiophene rings is 1. The number of carbonyl (C=O) groups is 3. The van der Waals surface area contributed by atoms with Crippen LogP contribution in [0.2, 0.25) is 0 Å². The molecule has 22 heavy (non-hydrogen) atoms. The Morgan fingerprint density at radius 3 is 2.73 bits per heavy atom. The monoisotopic (exact) mass is 324 g/mol. The Balaban J connectivity index is 1.80. The third-order valence-electron chi connectivity index (χ3n) is 3.59. The SMILES string of the molecule is O=C(CN1CCCCCCC1=O)NCc1ccc(C(=O)O)s1. The Hall–Kier alpha value is -1.89. The lowest BCUT2D eigenvalue weighted by molar-refractivity contribution is -0.136. The Bertz CT molecular complexity index is 555. The van der Waals surface area contributed by atoms with E-state index in [0.29, 0.717) is 19.5 Å². The first-order chi connectivity index (χ1) is 10.6. The number of hydrogen-bond acceptors (Lipinski definition) is 4.